The molecule has 0 aliphatic heterocycles. The Balaban J connectivity index is 1.83. The number of rotatable bonds is 3. The Morgan fingerprint density at radius 3 is 2.57 bits per heavy atom. The van der Waals surface area contributed by atoms with Crippen molar-refractivity contribution in [3.8, 4) is 0 Å². The molecular formula is C18H20N4O. The van der Waals surface area contributed by atoms with Crippen molar-refractivity contribution in [3.63, 3.8) is 0 Å². The zero-order valence-corrected chi connectivity index (χ0v) is 13.8. The fourth-order valence-electron chi connectivity index (χ4n) is 2.54. The average Bonchev–Trinajstić information content (AvgIpc) is 2.85. The van der Waals surface area contributed by atoms with Gasteiger partial charge in [0.15, 0.2) is 0 Å². The lowest BCUT2D eigenvalue weighted by Crippen LogP contribution is -2.20. The minimum Gasteiger partial charge on any atom is -0.324 e. The van der Waals surface area contributed by atoms with Crippen LogP contribution in [-0.4, -0.2) is 20.9 Å². The predicted molar refractivity (Wildman–Crippen MR) is 91.5 cm³/mol. The fraction of sp³-hybridized carbons (Fsp3) is 0.278. The second-order valence-electron chi connectivity index (χ2n) is 6.04. The fourth-order valence-corrected chi connectivity index (χ4v) is 2.54. The third kappa shape index (κ3) is 3.08. The van der Waals surface area contributed by atoms with Crippen LogP contribution >= 0.6 is 0 Å². The SMILES string of the molecule is Cc1ccc(C)c(NC(=O)Cn2nnc3cc(C)c(C)cc32)c1. The summed E-state index contributed by atoms with van der Waals surface area (Å²) < 4.78 is 1.64. The van der Waals surface area contributed by atoms with Crippen LogP contribution in [-0.2, 0) is 11.3 Å². The Kier molecular flexibility index (Phi) is 3.86. The van der Waals surface area contributed by atoms with Crippen LogP contribution in [0.25, 0.3) is 11.0 Å². The van der Waals surface area contributed by atoms with Gasteiger partial charge in [-0.25, -0.2) is 4.68 Å². The van der Waals surface area contributed by atoms with Gasteiger partial charge in [-0.1, -0.05) is 17.3 Å². The molecule has 1 aromatic heterocycles. The molecule has 5 heteroatoms. The van der Waals surface area contributed by atoms with E-state index in [1.807, 2.05) is 58.0 Å². The molecular weight excluding hydrogens is 288 g/mol. The number of benzene rings is 2. The normalized spacial score (nSPS) is 11.0. The van der Waals surface area contributed by atoms with E-state index >= 15 is 0 Å². The molecule has 0 aliphatic carbocycles. The van der Waals surface area contributed by atoms with Gasteiger partial charge in [0, 0.05) is 5.69 Å². The van der Waals surface area contributed by atoms with Gasteiger partial charge in [0.1, 0.15) is 12.1 Å². The van der Waals surface area contributed by atoms with Crippen molar-refractivity contribution in [2.24, 2.45) is 0 Å². The number of fused-ring (bicyclic) bond motifs is 1. The Labute approximate surface area is 135 Å². The number of carbonyl (C=O) groups is 1. The van der Waals surface area contributed by atoms with Crippen LogP contribution in [0.1, 0.15) is 22.3 Å². The summed E-state index contributed by atoms with van der Waals surface area (Å²) in [5.74, 6) is -0.108. The van der Waals surface area contributed by atoms with Gasteiger partial charge in [-0.15, -0.1) is 5.10 Å². The van der Waals surface area contributed by atoms with Gasteiger partial charge >= 0.3 is 0 Å². The summed E-state index contributed by atoms with van der Waals surface area (Å²) in [5.41, 5.74) is 7.02. The maximum atomic E-state index is 12.3. The first kappa shape index (κ1) is 15.2. The average molecular weight is 308 g/mol. The molecule has 3 aromatic rings. The molecule has 0 bridgehead atoms. The lowest BCUT2D eigenvalue weighted by atomic mass is 10.1. The smallest absolute Gasteiger partial charge is 0.246 e. The number of anilines is 1. The van der Waals surface area contributed by atoms with E-state index in [0.717, 1.165) is 33.4 Å². The van der Waals surface area contributed by atoms with Crippen LogP contribution in [0.3, 0.4) is 0 Å². The molecule has 0 saturated carbocycles. The van der Waals surface area contributed by atoms with Crippen molar-refractivity contribution >= 4 is 22.6 Å². The van der Waals surface area contributed by atoms with Gasteiger partial charge in [-0.3, -0.25) is 4.79 Å². The molecule has 1 N–H and O–H groups in total. The molecule has 0 spiro atoms. The number of hydrogen-bond acceptors (Lipinski definition) is 3. The van der Waals surface area contributed by atoms with Gasteiger partial charge < -0.3 is 5.32 Å². The maximum Gasteiger partial charge on any atom is 0.246 e. The van der Waals surface area contributed by atoms with Crippen molar-refractivity contribution in [2.45, 2.75) is 34.2 Å². The van der Waals surface area contributed by atoms with E-state index in [1.54, 1.807) is 4.68 Å². The maximum absolute atomic E-state index is 12.3. The van der Waals surface area contributed by atoms with Gasteiger partial charge in [0.25, 0.3) is 0 Å². The van der Waals surface area contributed by atoms with Gasteiger partial charge in [0.05, 0.1) is 5.52 Å². The molecule has 0 saturated heterocycles. The van der Waals surface area contributed by atoms with Crippen molar-refractivity contribution in [3.05, 3.63) is 52.6 Å². The van der Waals surface area contributed by atoms with Crippen molar-refractivity contribution < 1.29 is 4.79 Å². The molecule has 118 valence electrons. The molecule has 0 fully saturated rings. The Morgan fingerprint density at radius 1 is 1.04 bits per heavy atom. The van der Waals surface area contributed by atoms with Gasteiger partial charge in [0.2, 0.25) is 5.91 Å². The van der Waals surface area contributed by atoms with E-state index in [-0.39, 0.29) is 12.5 Å². The lowest BCUT2D eigenvalue weighted by Gasteiger charge is -2.09. The molecule has 0 aliphatic rings. The van der Waals surface area contributed by atoms with E-state index < -0.39 is 0 Å². The quantitative estimate of drug-likeness (QED) is 0.807. The van der Waals surface area contributed by atoms with Crippen LogP contribution in [0, 0.1) is 27.7 Å². The number of aromatic nitrogens is 3. The van der Waals surface area contributed by atoms with E-state index in [1.165, 1.54) is 5.56 Å². The van der Waals surface area contributed by atoms with Crippen molar-refractivity contribution in [1.82, 2.24) is 15.0 Å². The Hall–Kier alpha value is -2.69. The van der Waals surface area contributed by atoms with Gasteiger partial charge in [-0.05, 0) is 68.1 Å². The Bertz CT molecular complexity index is 895. The zero-order chi connectivity index (χ0) is 16.6. The summed E-state index contributed by atoms with van der Waals surface area (Å²) in [6, 6.07) is 10.0. The molecule has 2 aromatic carbocycles. The van der Waals surface area contributed by atoms with E-state index in [9.17, 15) is 4.79 Å². The zero-order valence-electron chi connectivity index (χ0n) is 13.8. The summed E-state index contributed by atoms with van der Waals surface area (Å²) in [6.07, 6.45) is 0. The van der Waals surface area contributed by atoms with Crippen LogP contribution in [0.4, 0.5) is 5.69 Å². The number of nitrogens with zero attached hydrogens (tertiary/aromatic N) is 3. The summed E-state index contributed by atoms with van der Waals surface area (Å²) in [5, 5.41) is 11.2. The van der Waals surface area contributed by atoms with Crippen molar-refractivity contribution in [2.75, 3.05) is 5.32 Å². The van der Waals surface area contributed by atoms with E-state index in [0.29, 0.717) is 0 Å². The molecule has 3 rings (SSSR count). The van der Waals surface area contributed by atoms with E-state index in [2.05, 4.69) is 15.6 Å². The largest absolute Gasteiger partial charge is 0.324 e. The highest BCUT2D eigenvalue weighted by atomic mass is 16.2. The molecule has 1 amide bonds. The summed E-state index contributed by atoms with van der Waals surface area (Å²) >= 11 is 0. The third-order valence-corrected chi connectivity index (χ3v) is 4.09. The van der Waals surface area contributed by atoms with E-state index in [4.69, 9.17) is 0 Å². The minimum atomic E-state index is -0.108. The molecule has 1 heterocycles. The third-order valence-electron chi connectivity index (χ3n) is 4.09. The standard InChI is InChI=1S/C18H20N4O/c1-11-5-6-12(2)15(7-11)19-18(23)10-22-17-9-14(4)13(3)8-16(17)20-21-22/h5-9H,10H2,1-4H3,(H,19,23). The number of amides is 1. The first-order valence-electron chi connectivity index (χ1n) is 7.61. The molecule has 5 nitrogen and oxygen atoms in total. The summed E-state index contributed by atoms with van der Waals surface area (Å²) in [7, 11) is 0. The molecule has 0 unspecified atom stereocenters. The van der Waals surface area contributed by atoms with Crippen LogP contribution < -0.4 is 5.32 Å². The summed E-state index contributed by atoms with van der Waals surface area (Å²) in [4.78, 5) is 12.3. The van der Waals surface area contributed by atoms with Crippen molar-refractivity contribution in [1.29, 1.82) is 0 Å². The van der Waals surface area contributed by atoms with Gasteiger partial charge in [-0.2, -0.15) is 0 Å². The monoisotopic (exact) mass is 308 g/mol. The first-order chi connectivity index (χ1) is 10.9. The molecule has 0 atom stereocenters. The van der Waals surface area contributed by atoms with Crippen LogP contribution in [0.5, 0.6) is 0 Å². The second kappa shape index (κ2) is 5.83. The Morgan fingerprint density at radius 2 is 1.78 bits per heavy atom. The predicted octanol–water partition coefficient (Wildman–Crippen LogP) is 3.30. The van der Waals surface area contributed by atoms with Crippen LogP contribution in [0.2, 0.25) is 0 Å². The highest BCUT2D eigenvalue weighted by molar-refractivity contribution is 5.92. The number of nitrogens with one attached hydrogen (secondary N) is 1. The number of aryl methyl sites for hydroxylation is 4. The molecule has 23 heavy (non-hydrogen) atoms. The highest BCUT2D eigenvalue weighted by Gasteiger charge is 2.11. The van der Waals surface area contributed by atoms with Crippen LogP contribution in [0.15, 0.2) is 30.3 Å². The summed E-state index contributed by atoms with van der Waals surface area (Å²) in [6.45, 7) is 8.22. The topological polar surface area (TPSA) is 59.8 Å². The first-order valence-corrected chi connectivity index (χ1v) is 7.61. The molecule has 0 radical (unpaired) electrons. The number of hydrogen-bond donors (Lipinski definition) is 1. The number of carbonyl (C=O) groups excluding carboxylic acids is 1. The highest BCUT2D eigenvalue weighted by Crippen LogP contribution is 2.18. The second-order valence-corrected chi connectivity index (χ2v) is 6.04. The lowest BCUT2D eigenvalue weighted by molar-refractivity contribution is -0.116. The minimum absolute atomic E-state index is 0.108.